The van der Waals surface area contributed by atoms with Gasteiger partial charge in [0.1, 0.15) is 18.4 Å². The van der Waals surface area contributed by atoms with Crippen LogP contribution in [0.2, 0.25) is 0 Å². The SMILES string of the molecule is N#CCOC(=O)c1ccc(OCc2ccccc2)cc1. The lowest BCUT2D eigenvalue weighted by molar-refractivity contribution is 0.0555. The van der Waals surface area contributed by atoms with Gasteiger partial charge in [-0.15, -0.1) is 0 Å². The Labute approximate surface area is 117 Å². The molecule has 20 heavy (non-hydrogen) atoms. The molecule has 0 N–H and O–H groups in total. The van der Waals surface area contributed by atoms with Gasteiger partial charge in [-0.05, 0) is 29.8 Å². The maximum Gasteiger partial charge on any atom is 0.339 e. The first-order valence-corrected chi connectivity index (χ1v) is 6.10. The highest BCUT2D eigenvalue weighted by Crippen LogP contribution is 2.14. The first-order chi connectivity index (χ1) is 9.79. The lowest BCUT2D eigenvalue weighted by atomic mass is 10.2. The Hall–Kier alpha value is -2.80. The van der Waals surface area contributed by atoms with Crippen molar-refractivity contribution < 1.29 is 14.3 Å². The zero-order valence-electron chi connectivity index (χ0n) is 10.8. The van der Waals surface area contributed by atoms with Gasteiger partial charge in [0.05, 0.1) is 5.56 Å². The van der Waals surface area contributed by atoms with E-state index in [1.807, 2.05) is 30.3 Å². The average molecular weight is 267 g/mol. The van der Waals surface area contributed by atoms with E-state index in [4.69, 9.17) is 14.7 Å². The summed E-state index contributed by atoms with van der Waals surface area (Å²) in [5, 5.41) is 8.34. The molecule has 0 heterocycles. The molecule has 0 radical (unpaired) electrons. The molecule has 2 aromatic rings. The van der Waals surface area contributed by atoms with Crippen molar-refractivity contribution in [3.8, 4) is 11.8 Å². The zero-order valence-corrected chi connectivity index (χ0v) is 10.8. The van der Waals surface area contributed by atoms with Crippen LogP contribution in [0.5, 0.6) is 5.75 Å². The molecule has 4 heteroatoms. The van der Waals surface area contributed by atoms with Crippen LogP contribution >= 0.6 is 0 Å². The van der Waals surface area contributed by atoms with Crippen LogP contribution < -0.4 is 4.74 Å². The Morgan fingerprint density at radius 3 is 2.40 bits per heavy atom. The normalized spacial score (nSPS) is 9.55. The molecule has 0 saturated heterocycles. The molecule has 0 bridgehead atoms. The van der Waals surface area contributed by atoms with Gasteiger partial charge in [0.15, 0.2) is 6.61 Å². The van der Waals surface area contributed by atoms with E-state index in [-0.39, 0.29) is 6.61 Å². The van der Waals surface area contributed by atoms with Crippen molar-refractivity contribution in [1.82, 2.24) is 0 Å². The maximum absolute atomic E-state index is 11.5. The number of esters is 1. The molecule has 100 valence electrons. The summed E-state index contributed by atoms with van der Waals surface area (Å²) in [6, 6.07) is 18.2. The Morgan fingerprint density at radius 1 is 1.05 bits per heavy atom. The minimum Gasteiger partial charge on any atom is -0.489 e. The van der Waals surface area contributed by atoms with Crippen molar-refractivity contribution in [3.63, 3.8) is 0 Å². The van der Waals surface area contributed by atoms with Crippen LogP contribution in [0.1, 0.15) is 15.9 Å². The molecule has 2 rings (SSSR count). The zero-order chi connectivity index (χ0) is 14.2. The molecule has 0 atom stereocenters. The van der Waals surface area contributed by atoms with Gasteiger partial charge in [-0.25, -0.2) is 4.79 Å². The van der Waals surface area contributed by atoms with Gasteiger partial charge in [0, 0.05) is 0 Å². The molecule has 0 aromatic heterocycles. The summed E-state index contributed by atoms with van der Waals surface area (Å²) in [6.45, 7) is 0.226. The fourth-order valence-electron chi connectivity index (χ4n) is 1.61. The molecule has 0 aliphatic rings. The predicted octanol–water partition coefficient (Wildman–Crippen LogP) is 2.95. The van der Waals surface area contributed by atoms with Crippen LogP contribution in [0, 0.1) is 11.3 Å². The number of nitriles is 1. The van der Waals surface area contributed by atoms with Gasteiger partial charge in [-0.2, -0.15) is 5.26 Å². The monoisotopic (exact) mass is 267 g/mol. The highest BCUT2D eigenvalue weighted by atomic mass is 16.5. The standard InChI is InChI=1S/C16H13NO3/c17-10-11-19-16(18)14-6-8-15(9-7-14)20-12-13-4-2-1-3-5-13/h1-9H,11-12H2. The number of hydrogen-bond acceptors (Lipinski definition) is 4. The molecular formula is C16H13NO3. The van der Waals surface area contributed by atoms with Gasteiger partial charge in [-0.3, -0.25) is 0 Å². The van der Waals surface area contributed by atoms with Crippen molar-refractivity contribution >= 4 is 5.97 Å². The van der Waals surface area contributed by atoms with Gasteiger partial charge >= 0.3 is 5.97 Å². The fraction of sp³-hybridized carbons (Fsp3) is 0.125. The Bertz CT molecular complexity index is 600. The predicted molar refractivity (Wildman–Crippen MR) is 73.1 cm³/mol. The first-order valence-electron chi connectivity index (χ1n) is 6.10. The Morgan fingerprint density at radius 2 is 1.75 bits per heavy atom. The molecule has 0 aliphatic heterocycles. The number of benzene rings is 2. The summed E-state index contributed by atoms with van der Waals surface area (Å²) in [5.41, 5.74) is 1.47. The summed E-state index contributed by atoms with van der Waals surface area (Å²) >= 11 is 0. The third-order valence-corrected chi connectivity index (χ3v) is 2.61. The van der Waals surface area contributed by atoms with Gasteiger partial charge in [0.2, 0.25) is 0 Å². The lowest BCUT2D eigenvalue weighted by Gasteiger charge is -2.07. The molecule has 0 unspecified atom stereocenters. The van der Waals surface area contributed by atoms with Crippen LogP contribution in [0.25, 0.3) is 0 Å². The number of carbonyl (C=O) groups excluding carboxylic acids is 1. The Balaban J connectivity index is 1.92. The number of ether oxygens (including phenoxy) is 2. The van der Waals surface area contributed by atoms with Crippen LogP contribution in [-0.4, -0.2) is 12.6 Å². The largest absolute Gasteiger partial charge is 0.489 e. The number of nitrogens with zero attached hydrogens (tertiary/aromatic N) is 1. The van der Waals surface area contributed by atoms with Gasteiger partial charge in [-0.1, -0.05) is 30.3 Å². The Kier molecular flexibility index (Phi) is 4.74. The quantitative estimate of drug-likeness (QED) is 0.781. The van der Waals surface area contributed by atoms with Gasteiger partial charge in [0.25, 0.3) is 0 Å². The van der Waals surface area contributed by atoms with Crippen LogP contribution in [0.3, 0.4) is 0 Å². The van der Waals surface area contributed by atoms with Crippen molar-refractivity contribution in [2.45, 2.75) is 6.61 Å². The number of carbonyl (C=O) groups is 1. The van der Waals surface area contributed by atoms with Crippen LogP contribution in [0.4, 0.5) is 0 Å². The summed E-state index contributed by atoms with van der Waals surface area (Å²) in [6.07, 6.45) is 0. The second-order valence-electron chi connectivity index (χ2n) is 4.03. The highest BCUT2D eigenvalue weighted by Gasteiger charge is 2.06. The van der Waals surface area contributed by atoms with E-state index in [2.05, 4.69) is 0 Å². The molecule has 0 amide bonds. The van der Waals surface area contributed by atoms with Crippen LogP contribution in [-0.2, 0) is 11.3 Å². The van der Waals surface area contributed by atoms with Crippen LogP contribution in [0.15, 0.2) is 54.6 Å². The molecule has 0 spiro atoms. The summed E-state index contributed by atoms with van der Waals surface area (Å²) in [5.74, 6) is 0.159. The molecule has 0 fully saturated rings. The summed E-state index contributed by atoms with van der Waals surface area (Å²) in [7, 11) is 0. The average Bonchev–Trinajstić information content (AvgIpc) is 2.52. The second kappa shape index (κ2) is 6.95. The fourth-order valence-corrected chi connectivity index (χ4v) is 1.61. The van der Waals surface area contributed by atoms with E-state index in [0.717, 1.165) is 5.56 Å². The van der Waals surface area contributed by atoms with Crippen molar-refractivity contribution in [1.29, 1.82) is 5.26 Å². The van der Waals surface area contributed by atoms with E-state index in [9.17, 15) is 4.79 Å². The van der Waals surface area contributed by atoms with E-state index in [1.54, 1.807) is 30.3 Å². The summed E-state index contributed by atoms with van der Waals surface area (Å²) in [4.78, 5) is 11.5. The van der Waals surface area contributed by atoms with Crippen molar-refractivity contribution in [2.75, 3.05) is 6.61 Å². The van der Waals surface area contributed by atoms with Gasteiger partial charge < -0.3 is 9.47 Å². The number of hydrogen-bond donors (Lipinski definition) is 0. The molecule has 2 aromatic carbocycles. The topological polar surface area (TPSA) is 59.3 Å². The second-order valence-corrected chi connectivity index (χ2v) is 4.03. The van der Waals surface area contributed by atoms with E-state index < -0.39 is 5.97 Å². The first kappa shape index (κ1) is 13.6. The van der Waals surface area contributed by atoms with E-state index in [1.165, 1.54) is 0 Å². The highest BCUT2D eigenvalue weighted by molar-refractivity contribution is 5.89. The maximum atomic E-state index is 11.5. The third-order valence-electron chi connectivity index (χ3n) is 2.61. The number of rotatable bonds is 5. The summed E-state index contributed by atoms with van der Waals surface area (Å²) < 4.78 is 10.3. The smallest absolute Gasteiger partial charge is 0.339 e. The molecule has 0 aliphatic carbocycles. The van der Waals surface area contributed by atoms with E-state index >= 15 is 0 Å². The van der Waals surface area contributed by atoms with Crippen molar-refractivity contribution in [2.24, 2.45) is 0 Å². The molecule has 4 nitrogen and oxygen atoms in total. The minimum absolute atomic E-state index is 0.245. The third kappa shape index (κ3) is 3.85. The van der Waals surface area contributed by atoms with E-state index in [0.29, 0.717) is 17.9 Å². The molecular weight excluding hydrogens is 254 g/mol. The molecule has 0 saturated carbocycles. The van der Waals surface area contributed by atoms with Crippen molar-refractivity contribution in [3.05, 3.63) is 65.7 Å². The lowest BCUT2D eigenvalue weighted by Crippen LogP contribution is -2.05. The minimum atomic E-state index is -0.513.